The minimum absolute atomic E-state index is 0.395. The van der Waals surface area contributed by atoms with E-state index in [4.69, 9.17) is 0 Å². The fourth-order valence-electron chi connectivity index (χ4n) is 1.75. The van der Waals surface area contributed by atoms with Gasteiger partial charge in [-0.2, -0.15) is 0 Å². The summed E-state index contributed by atoms with van der Waals surface area (Å²) in [4.78, 5) is 4.55. The molecule has 0 spiro atoms. The van der Waals surface area contributed by atoms with Crippen LogP contribution in [0, 0.1) is 5.41 Å². The highest BCUT2D eigenvalue weighted by Crippen LogP contribution is 2.17. The Kier molecular flexibility index (Phi) is 3.48. The molecule has 0 aliphatic carbocycles. The number of hydrogen-bond acceptors (Lipinski definition) is 2. The molecule has 0 radical (unpaired) electrons. The molecule has 2 heterocycles. The summed E-state index contributed by atoms with van der Waals surface area (Å²) in [5.74, 6) is 0. The molecular weight excluding hydrogens is 210 g/mol. The van der Waals surface area contributed by atoms with Gasteiger partial charge in [0.1, 0.15) is 5.65 Å². The van der Waals surface area contributed by atoms with Crippen molar-refractivity contribution in [3.63, 3.8) is 0 Å². The molecule has 17 heavy (non-hydrogen) atoms. The molecule has 0 amide bonds. The summed E-state index contributed by atoms with van der Waals surface area (Å²) in [5.41, 5.74) is 2.51. The first-order chi connectivity index (χ1) is 8.04. The topological polar surface area (TPSA) is 29.3 Å². The molecule has 2 aromatic rings. The van der Waals surface area contributed by atoms with E-state index < -0.39 is 0 Å². The van der Waals surface area contributed by atoms with E-state index in [0.29, 0.717) is 5.41 Å². The third-order valence-electron chi connectivity index (χ3n) is 2.77. The van der Waals surface area contributed by atoms with Crippen LogP contribution in [0.2, 0.25) is 0 Å². The van der Waals surface area contributed by atoms with Gasteiger partial charge in [0, 0.05) is 18.9 Å². The molecule has 0 unspecified atom stereocenters. The zero-order valence-corrected chi connectivity index (χ0v) is 10.9. The van der Waals surface area contributed by atoms with Gasteiger partial charge >= 0.3 is 0 Å². The predicted octanol–water partition coefficient (Wildman–Crippen LogP) is 2.86. The number of imidazole rings is 1. The summed E-state index contributed by atoms with van der Waals surface area (Å²) in [6.07, 6.45) is 5.29. The van der Waals surface area contributed by atoms with Crippen molar-refractivity contribution in [1.82, 2.24) is 14.7 Å². The minimum Gasteiger partial charge on any atom is -0.311 e. The molecule has 2 aromatic heterocycles. The van der Waals surface area contributed by atoms with Crippen molar-refractivity contribution in [2.75, 3.05) is 6.54 Å². The molecule has 1 N–H and O–H groups in total. The fraction of sp³-hybridized carbons (Fsp3) is 0.500. The fourth-order valence-corrected chi connectivity index (χ4v) is 1.75. The van der Waals surface area contributed by atoms with Crippen molar-refractivity contribution in [2.24, 2.45) is 5.41 Å². The van der Waals surface area contributed by atoms with Crippen LogP contribution < -0.4 is 5.32 Å². The Morgan fingerprint density at radius 3 is 2.82 bits per heavy atom. The molecule has 0 saturated heterocycles. The number of aromatic nitrogens is 2. The summed E-state index contributed by atoms with van der Waals surface area (Å²) in [5, 5.41) is 3.44. The van der Waals surface area contributed by atoms with Gasteiger partial charge in [-0.25, -0.2) is 4.98 Å². The average Bonchev–Trinajstić information content (AvgIpc) is 2.65. The molecule has 3 nitrogen and oxygen atoms in total. The van der Waals surface area contributed by atoms with Crippen molar-refractivity contribution in [1.29, 1.82) is 0 Å². The Labute approximate surface area is 103 Å². The van der Waals surface area contributed by atoms with Gasteiger partial charge in [0.25, 0.3) is 0 Å². The highest BCUT2D eigenvalue weighted by atomic mass is 15.0. The molecule has 0 aliphatic heterocycles. The number of hydrogen-bond donors (Lipinski definition) is 1. The van der Waals surface area contributed by atoms with Crippen LogP contribution in [0.4, 0.5) is 0 Å². The van der Waals surface area contributed by atoms with E-state index in [1.54, 1.807) is 0 Å². The lowest BCUT2D eigenvalue weighted by Gasteiger charge is -2.17. The number of pyridine rings is 1. The molecule has 0 saturated carbocycles. The summed E-state index contributed by atoms with van der Waals surface area (Å²) in [6, 6.07) is 6.06. The third kappa shape index (κ3) is 3.56. The van der Waals surface area contributed by atoms with Crippen LogP contribution in [0.1, 0.15) is 32.9 Å². The van der Waals surface area contributed by atoms with Gasteiger partial charge in [0.2, 0.25) is 0 Å². The summed E-state index contributed by atoms with van der Waals surface area (Å²) >= 11 is 0. The van der Waals surface area contributed by atoms with Crippen molar-refractivity contribution < 1.29 is 0 Å². The van der Waals surface area contributed by atoms with E-state index in [1.807, 2.05) is 24.4 Å². The van der Waals surface area contributed by atoms with Crippen LogP contribution in [-0.2, 0) is 6.54 Å². The molecule has 0 atom stereocenters. The van der Waals surface area contributed by atoms with Crippen LogP contribution >= 0.6 is 0 Å². The van der Waals surface area contributed by atoms with Crippen molar-refractivity contribution in [3.05, 3.63) is 36.3 Å². The lowest BCUT2D eigenvalue weighted by atomic mass is 9.92. The van der Waals surface area contributed by atoms with E-state index in [2.05, 4.69) is 41.7 Å². The van der Waals surface area contributed by atoms with Crippen LogP contribution in [-0.4, -0.2) is 15.9 Å². The first-order valence-electron chi connectivity index (χ1n) is 6.18. The van der Waals surface area contributed by atoms with Crippen LogP contribution in [0.25, 0.3) is 5.65 Å². The minimum atomic E-state index is 0.395. The maximum atomic E-state index is 4.55. The maximum Gasteiger partial charge on any atom is 0.137 e. The number of nitrogens with one attached hydrogen (secondary N) is 1. The third-order valence-corrected chi connectivity index (χ3v) is 2.77. The van der Waals surface area contributed by atoms with Gasteiger partial charge in [0.05, 0.1) is 5.69 Å². The van der Waals surface area contributed by atoms with E-state index >= 15 is 0 Å². The Bertz CT molecular complexity index is 446. The van der Waals surface area contributed by atoms with E-state index in [1.165, 1.54) is 6.42 Å². The first-order valence-corrected chi connectivity index (χ1v) is 6.18. The quantitative estimate of drug-likeness (QED) is 0.820. The summed E-state index contributed by atoms with van der Waals surface area (Å²) < 4.78 is 2.06. The van der Waals surface area contributed by atoms with Gasteiger partial charge in [0.15, 0.2) is 0 Å². The summed E-state index contributed by atoms with van der Waals surface area (Å²) in [6.45, 7) is 8.67. The van der Waals surface area contributed by atoms with Crippen LogP contribution in [0.15, 0.2) is 30.6 Å². The molecule has 3 heteroatoms. The van der Waals surface area contributed by atoms with Gasteiger partial charge in [-0.05, 0) is 30.5 Å². The Hall–Kier alpha value is -1.35. The molecular formula is C14H21N3. The Morgan fingerprint density at radius 2 is 2.12 bits per heavy atom. The number of rotatable bonds is 4. The van der Waals surface area contributed by atoms with Gasteiger partial charge in [-0.1, -0.05) is 26.8 Å². The zero-order chi connectivity index (χ0) is 12.3. The van der Waals surface area contributed by atoms with Crippen molar-refractivity contribution >= 4 is 5.65 Å². The lowest BCUT2D eigenvalue weighted by molar-refractivity contribution is 0.366. The first kappa shape index (κ1) is 12.1. The van der Waals surface area contributed by atoms with Crippen LogP contribution in [0.5, 0.6) is 0 Å². The Balaban J connectivity index is 1.87. The zero-order valence-electron chi connectivity index (χ0n) is 10.9. The predicted molar refractivity (Wildman–Crippen MR) is 71.0 cm³/mol. The molecule has 92 valence electrons. The lowest BCUT2D eigenvalue weighted by Crippen LogP contribution is -2.20. The van der Waals surface area contributed by atoms with E-state index in [0.717, 1.165) is 24.4 Å². The van der Waals surface area contributed by atoms with E-state index in [9.17, 15) is 0 Å². The molecule has 0 fully saturated rings. The number of fused-ring (bicyclic) bond motifs is 1. The SMILES string of the molecule is CC(C)(C)CCNCc1cn2ccccc2n1. The maximum absolute atomic E-state index is 4.55. The monoisotopic (exact) mass is 231 g/mol. The molecule has 0 bridgehead atoms. The van der Waals surface area contributed by atoms with Gasteiger partial charge in [-0.3, -0.25) is 0 Å². The highest BCUT2D eigenvalue weighted by Gasteiger charge is 2.09. The Morgan fingerprint density at radius 1 is 1.29 bits per heavy atom. The van der Waals surface area contributed by atoms with Crippen LogP contribution in [0.3, 0.4) is 0 Å². The normalized spacial score (nSPS) is 12.2. The summed E-state index contributed by atoms with van der Waals surface area (Å²) in [7, 11) is 0. The standard InChI is InChI=1S/C14H21N3/c1-14(2,3)7-8-15-10-12-11-17-9-5-4-6-13(17)16-12/h4-6,9,11,15H,7-8,10H2,1-3H3. The highest BCUT2D eigenvalue weighted by molar-refractivity contribution is 5.39. The van der Waals surface area contributed by atoms with E-state index in [-0.39, 0.29) is 0 Å². The molecule has 0 aliphatic rings. The second-order valence-corrected chi connectivity index (χ2v) is 5.69. The second-order valence-electron chi connectivity index (χ2n) is 5.69. The smallest absolute Gasteiger partial charge is 0.137 e. The number of nitrogens with zero attached hydrogens (tertiary/aromatic N) is 2. The van der Waals surface area contributed by atoms with Gasteiger partial charge < -0.3 is 9.72 Å². The largest absolute Gasteiger partial charge is 0.311 e. The second kappa shape index (κ2) is 4.88. The molecule has 2 rings (SSSR count). The van der Waals surface area contributed by atoms with Gasteiger partial charge in [-0.15, -0.1) is 0 Å². The molecule has 0 aromatic carbocycles. The average molecular weight is 231 g/mol. The van der Waals surface area contributed by atoms with Crippen molar-refractivity contribution in [2.45, 2.75) is 33.7 Å². The van der Waals surface area contributed by atoms with Crippen molar-refractivity contribution in [3.8, 4) is 0 Å².